The maximum Gasteiger partial charge on any atom is 0.347 e. The van der Waals surface area contributed by atoms with Crippen LogP contribution in [0.4, 0.5) is 0 Å². The Morgan fingerprint density at radius 3 is 3.00 bits per heavy atom. The van der Waals surface area contributed by atoms with Crippen molar-refractivity contribution in [3.05, 3.63) is 28.9 Å². The second kappa shape index (κ2) is 3.95. The average molecular weight is 192 g/mol. The molecule has 1 heterocycles. The van der Waals surface area contributed by atoms with Crippen molar-refractivity contribution in [3.8, 4) is 0 Å². The van der Waals surface area contributed by atoms with Crippen molar-refractivity contribution in [2.45, 2.75) is 32.7 Å². The van der Waals surface area contributed by atoms with Crippen LogP contribution in [0.2, 0.25) is 0 Å². The Labute approximate surface area is 83.8 Å². The maximum absolute atomic E-state index is 11.3. The molecule has 14 heavy (non-hydrogen) atoms. The molecule has 0 saturated heterocycles. The summed E-state index contributed by atoms with van der Waals surface area (Å²) >= 11 is 0. The molecule has 1 fully saturated rings. The van der Waals surface area contributed by atoms with Crippen molar-refractivity contribution in [1.29, 1.82) is 0 Å². The molecule has 0 amide bonds. The Balaban J connectivity index is 2.03. The van der Waals surface area contributed by atoms with Crippen molar-refractivity contribution >= 4 is 0 Å². The van der Waals surface area contributed by atoms with Gasteiger partial charge in [-0.2, -0.15) is 0 Å². The Hall–Kier alpha value is -1.12. The van der Waals surface area contributed by atoms with Crippen molar-refractivity contribution in [2.24, 2.45) is 11.8 Å². The summed E-state index contributed by atoms with van der Waals surface area (Å²) in [5, 5.41) is 0. The quantitative estimate of drug-likeness (QED) is 0.730. The predicted molar refractivity (Wildman–Crippen MR) is 55.0 cm³/mol. The van der Waals surface area contributed by atoms with E-state index in [-0.39, 0.29) is 5.69 Å². The number of hydrogen-bond acceptors (Lipinski definition) is 2. The molecular formula is C11H16N2O. The third kappa shape index (κ3) is 1.86. The summed E-state index contributed by atoms with van der Waals surface area (Å²) in [5.41, 5.74) is -0.126. The van der Waals surface area contributed by atoms with E-state index in [1.165, 1.54) is 19.3 Å². The van der Waals surface area contributed by atoms with Crippen LogP contribution in [-0.2, 0) is 6.54 Å². The minimum Gasteiger partial charge on any atom is -0.299 e. The van der Waals surface area contributed by atoms with Crippen LogP contribution in [0.1, 0.15) is 26.2 Å². The highest BCUT2D eigenvalue weighted by atomic mass is 16.1. The summed E-state index contributed by atoms with van der Waals surface area (Å²) in [6, 6.07) is 1.81. The van der Waals surface area contributed by atoms with Crippen molar-refractivity contribution in [1.82, 2.24) is 9.55 Å². The predicted octanol–water partition coefficient (Wildman–Crippen LogP) is 1.68. The van der Waals surface area contributed by atoms with Crippen molar-refractivity contribution < 1.29 is 0 Å². The van der Waals surface area contributed by atoms with Crippen LogP contribution in [0.5, 0.6) is 0 Å². The van der Waals surface area contributed by atoms with Crippen molar-refractivity contribution in [2.75, 3.05) is 0 Å². The fraction of sp³-hybridized carbons (Fsp3) is 0.636. The average Bonchev–Trinajstić information content (AvgIpc) is 2.05. The van der Waals surface area contributed by atoms with Gasteiger partial charge in [0.1, 0.15) is 0 Å². The van der Waals surface area contributed by atoms with Crippen LogP contribution >= 0.6 is 0 Å². The summed E-state index contributed by atoms with van der Waals surface area (Å²) < 4.78 is 1.71. The first-order valence-electron chi connectivity index (χ1n) is 5.29. The van der Waals surface area contributed by atoms with Gasteiger partial charge >= 0.3 is 5.69 Å². The van der Waals surface area contributed by atoms with E-state index in [1.807, 2.05) is 12.3 Å². The molecule has 0 aliphatic heterocycles. The first kappa shape index (κ1) is 9.44. The summed E-state index contributed by atoms with van der Waals surface area (Å²) in [6.45, 7) is 3.04. The van der Waals surface area contributed by atoms with E-state index in [0.717, 1.165) is 12.5 Å². The molecule has 2 rings (SSSR count). The van der Waals surface area contributed by atoms with Crippen LogP contribution in [0.15, 0.2) is 23.3 Å². The highest BCUT2D eigenvalue weighted by Gasteiger charge is 2.23. The van der Waals surface area contributed by atoms with E-state index < -0.39 is 0 Å². The van der Waals surface area contributed by atoms with Gasteiger partial charge in [0.05, 0.1) is 0 Å². The SMILES string of the molecule is CC(Cn1cccnc1=O)C1CCC1. The molecule has 0 aromatic carbocycles. The normalized spacial score (nSPS) is 18.9. The van der Waals surface area contributed by atoms with Gasteiger partial charge in [-0.05, 0) is 17.9 Å². The van der Waals surface area contributed by atoms with E-state index in [9.17, 15) is 4.79 Å². The smallest absolute Gasteiger partial charge is 0.299 e. The summed E-state index contributed by atoms with van der Waals surface area (Å²) in [6.07, 6.45) is 7.39. The number of rotatable bonds is 3. The first-order valence-corrected chi connectivity index (χ1v) is 5.29. The molecule has 0 radical (unpaired) electrons. The van der Waals surface area contributed by atoms with Crippen LogP contribution in [-0.4, -0.2) is 9.55 Å². The molecule has 1 unspecified atom stereocenters. The Morgan fingerprint density at radius 1 is 1.64 bits per heavy atom. The van der Waals surface area contributed by atoms with Crippen LogP contribution in [0.25, 0.3) is 0 Å². The number of hydrogen-bond donors (Lipinski definition) is 0. The zero-order chi connectivity index (χ0) is 9.97. The molecule has 3 nitrogen and oxygen atoms in total. The molecule has 1 saturated carbocycles. The zero-order valence-electron chi connectivity index (χ0n) is 8.52. The molecule has 1 aromatic heterocycles. The van der Waals surface area contributed by atoms with E-state index in [0.29, 0.717) is 5.92 Å². The van der Waals surface area contributed by atoms with E-state index in [4.69, 9.17) is 0 Å². The molecule has 1 atom stereocenters. The molecule has 1 aliphatic rings. The lowest BCUT2D eigenvalue weighted by Gasteiger charge is -2.31. The first-order chi connectivity index (χ1) is 6.77. The summed E-state index contributed by atoms with van der Waals surface area (Å²) in [7, 11) is 0. The highest BCUT2D eigenvalue weighted by molar-refractivity contribution is 4.83. The molecule has 0 spiro atoms. The molecule has 76 valence electrons. The third-order valence-electron chi connectivity index (χ3n) is 3.22. The molecule has 3 heteroatoms. The number of nitrogens with zero attached hydrogens (tertiary/aromatic N) is 2. The van der Waals surface area contributed by atoms with Gasteiger partial charge in [-0.3, -0.25) is 4.57 Å². The fourth-order valence-corrected chi connectivity index (χ4v) is 1.99. The van der Waals surface area contributed by atoms with Crippen molar-refractivity contribution in [3.63, 3.8) is 0 Å². The van der Waals surface area contributed by atoms with Crippen LogP contribution in [0.3, 0.4) is 0 Å². The van der Waals surface area contributed by atoms with Gasteiger partial charge < -0.3 is 0 Å². The minimum absolute atomic E-state index is 0.126. The lowest BCUT2D eigenvalue weighted by Crippen LogP contribution is -2.29. The minimum atomic E-state index is -0.126. The third-order valence-corrected chi connectivity index (χ3v) is 3.22. The van der Waals surface area contributed by atoms with Gasteiger partial charge in [0.25, 0.3) is 0 Å². The van der Waals surface area contributed by atoms with Gasteiger partial charge in [-0.15, -0.1) is 0 Å². The fourth-order valence-electron chi connectivity index (χ4n) is 1.99. The molecule has 0 N–H and O–H groups in total. The topological polar surface area (TPSA) is 34.9 Å². The molecule has 1 aromatic rings. The van der Waals surface area contributed by atoms with Gasteiger partial charge in [0.2, 0.25) is 0 Å². The Bertz CT molecular complexity index is 354. The van der Waals surface area contributed by atoms with Gasteiger partial charge in [0, 0.05) is 18.9 Å². The Kier molecular flexibility index (Phi) is 2.66. The number of aromatic nitrogens is 2. The van der Waals surface area contributed by atoms with E-state index >= 15 is 0 Å². The lowest BCUT2D eigenvalue weighted by atomic mass is 9.77. The maximum atomic E-state index is 11.3. The van der Waals surface area contributed by atoms with Crippen LogP contribution in [0, 0.1) is 11.8 Å². The van der Waals surface area contributed by atoms with Gasteiger partial charge in [-0.25, -0.2) is 9.78 Å². The van der Waals surface area contributed by atoms with E-state index in [1.54, 1.807) is 10.8 Å². The second-order valence-electron chi connectivity index (χ2n) is 4.22. The zero-order valence-corrected chi connectivity index (χ0v) is 8.52. The highest BCUT2D eigenvalue weighted by Crippen LogP contribution is 2.33. The van der Waals surface area contributed by atoms with Crippen LogP contribution < -0.4 is 5.69 Å². The second-order valence-corrected chi connectivity index (χ2v) is 4.22. The molecular weight excluding hydrogens is 176 g/mol. The molecule has 0 bridgehead atoms. The standard InChI is InChI=1S/C11H16N2O/c1-9(10-4-2-5-10)8-13-7-3-6-12-11(13)14/h3,6-7,9-10H,2,4-5,8H2,1H3. The Morgan fingerprint density at radius 2 is 2.43 bits per heavy atom. The molecule has 1 aliphatic carbocycles. The van der Waals surface area contributed by atoms with Gasteiger partial charge in [-0.1, -0.05) is 26.2 Å². The monoisotopic (exact) mass is 192 g/mol. The van der Waals surface area contributed by atoms with Gasteiger partial charge in [0.15, 0.2) is 0 Å². The summed E-state index contributed by atoms with van der Waals surface area (Å²) in [5.74, 6) is 1.42. The summed E-state index contributed by atoms with van der Waals surface area (Å²) in [4.78, 5) is 15.1. The largest absolute Gasteiger partial charge is 0.347 e. The lowest BCUT2D eigenvalue weighted by molar-refractivity contribution is 0.199. The van der Waals surface area contributed by atoms with E-state index in [2.05, 4.69) is 11.9 Å².